The summed E-state index contributed by atoms with van der Waals surface area (Å²) in [6, 6.07) is 9.69. The predicted octanol–water partition coefficient (Wildman–Crippen LogP) is 2.50. The van der Waals surface area contributed by atoms with Crippen LogP contribution in [0.25, 0.3) is 0 Å². The van der Waals surface area contributed by atoms with E-state index in [9.17, 15) is 0 Å². The maximum Gasteiger partial charge on any atom is 0.0775 e. The molecule has 0 amide bonds. The summed E-state index contributed by atoms with van der Waals surface area (Å²) in [5, 5.41) is 5.12. The van der Waals surface area contributed by atoms with E-state index < -0.39 is 8.07 Å². The standard InChI is InChI=1S/C15H25NOSi/c1-18(2,3)15-8-6-13(7-9-15)11-16-14-5-4-10-17-12-14/h6-9,14,16H,4-5,10-12H2,1-3H3. The van der Waals surface area contributed by atoms with Crippen LogP contribution >= 0.6 is 0 Å². The van der Waals surface area contributed by atoms with E-state index in [0.29, 0.717) is 6.04 Å². The van der Waals surface area contributed by atoms with Crippen molar-refractivity contribution in [3.63, 3.8) is 0 Å². The monoisotopic (exact) mass is 263 g/mol. The van der Waals surface area contributed by atoms with Crippen LogP contribution in [0, 0.1) is 0 Å². The van der Waals surface area contributed by atoms with Crippen molar-refractivity contribution in [1.82, 2.24) is 5.32 Å². The van der Waals surface area contributed by atoms with Gasteiger partial charge in [0.15, 0.2) is 0 Å². The second-order valence-electron chi connectivity index (χ2n) is 6.24. The summed E-state index contributed by atoms with van der Waals surface area (Å²) in [7, 11) is -1.15. The molecule has 1 aliphatic heterocycles. The lowest BCUT2D eigenvalue weighted by atomic mass is 10.1. The molecule has 3 heteroatoms. The molecule has 1 heterocycles. The zero-order valence-corrected chi connectivity index (χ0v) is 12.8. The van der Waals surface area contributed by atoms with Gasteiger partial charge in [-0.3, -0.25) is 0 Å². The van der Waals surface area contributed by atoms with Crippen LogP contribution in [0.4, 0.5) is 0 Å². The molecule has 0 aliphatic carbocycles. The molecular formula is C15H25NOSi. The Bertz CT molecular complexity index is 363. The van der Waals surface area contributed by atoms with Crippen LogP contribution < -0.4 is 10.5 Å². The Kier molecular flexibility index (Phi) is 4.59. The molecule has 0 radical (unpaired) electrons. The second-order valence-corrected chi connectivity index (χ2v) is 11.3. The predicted molar refractivity (Wildman–Crippen MR) is 80.1 cm³/mol. The molecule has 0 aromatic heterocycles. The van der Waals surface area contributed by atoms with Crippen molar-refractivity contribution in [3.8, 4) is 0 Å². The first-order valence-electron chi connectivity index (χ1n) is 6.96. The number of ether oxygens (including phenoxy) is 1. The van der Waals surface area contributed by atoms with Gasteiger partial charge in [-0.1, -0.05) is 49.1 Å². The Morgan fingerprint density at radius 1 is 1.22 bits per heavy atom. The molecule has 1 atom stereocenters. The SMILES string of the molecule is C[Si](C)(C)c1ccc(CNC2CCCOC2)cc1. The highest BCUT2D eigenvalue weighted by molar-refractivity contribution is 6.88. The van der Waals surface area contributed by atoms with E-state index in [2.05, 4.69) is 49.2 Å². The van der Waals surface area contributed by atoms with E-state index in [0.717, 1.165) is 19.8 Å². The molecule has 2 rings (SSSR count). The van der Waals surface area contributed by atoms with Gasteiger partial charge in [-0.25, -0.2) is 0 Å². The Morgan fingerprint density at radius 2 is 1.94 bits per heavy atom. The first-order chi connectivity index (χ1) is 8.55. The van der Waals surface area contributed by atoms with Crippen molar-refractivity contribution < 1.29 is 4.74 Å². The van der Waals surface area contributed by atoms with Crippen LogP contribution in [0.2, 0.25) is 19.6 Å². The minimum atomic E-state index is -1.15. The average Bonchev–Trinajstić information content (AvgIpc) is 2.37. The van der Waals surface area contributed by atoms with Crippen LogP contribution in [0.5, 0.6) is 0 Å². The quantitative estimate of drug-likeness (QED) is 0.843. The van der Waals surface area contributed by atoms with Crippen LogP contribution in [0.1, 0.15) is 18.4 Å². The Morgan fingerprint density at radius 3 is 2.50 bits per heavy atom. The van der Waals surface area contributed by atoms with Gasteiger partial charge >= 0.3 is 0 Å². The van der Waals surface area contributed by atoms with E-state index in [1.54, 1.807) is 0 Å². The number of rotatable bonds is 4. The van der Waals surface area contributed by atoms with E-state index in [4.69, 9.17) is 4.74 Å². The first-order valence-corrected chi connectivity index (χ1v) is 10.5. The fourth-order valence-corrected chi connectivity index (χ4v) is 3.45. The topological polar surface area (TPSA) is 21.3 Å². The third kappa shape index (κ3) is 3.94. The number of benzene rings is 1. The van der Waals surface area contributed by atoms with Crippen LogP contribution in [0.3, 0.4) is 0 Å². The van der Waals surface area contributed by atoms with Crippen LogP contribution in [-0.4, -0.2) is 27.3 Å². The zero-order chi connectivity index (χ0) is 13.0. The fourth-order valence-electron chi connectivity index (χ4n) is 2.29. The molecule has 1 aromatic carbocycles. The van der Waals surface area contributed by atoms with Gasteiger partial charge < -0.3 is 10.1 Å². The fraction of sp³-hybridized carbons (Fsp3) is 0.600. The minimum absolute atomic E-state index is 0.537. The molecule has 0 bridgehead atoms. The lowest BCUT2D eigenvalue weighted by Gasteiger charge is -2.23. The van der Waals surface area contributed by atoms with Gasteiger partial charge in [0.05, 0.1) is 14.7 Å². The van der Waals surface area contributed by atoms with E-state index in [1.807, 2.05) is 0 Å². The highest BCUT2D eigenvalue weighted by Crippen LogP contribution is 2.08. The molecule has 1 N–H and O–H groups in total. The first kappa shape index (κ1) is 13.8. The van der Waals surface area contributed by atoms with Gasteiger partial charge in [0, 0.05) is 19.2 Å². The molecule has 0 spiro atoms. The summed E-state index contributed by atoms with van der Waals surface area (Å²) in [6.07, 6.45) is 2.43. The number of nitrogens with one attached hydrogen (secondary N) is 1. The maximum atomic E-state index is 5.48. The summed E-state index contributed by atoms with van der Waals surface area (Å²) in [6.45, 7) is 9.93. The smallest absolute Gasteiger partial charge is 0.0775 e. The van der Waals surface area contributed by atoms with E-state index >= 15 is 0 Å². The highest BCUT2D eigenvalue weighted by Gasteiger charge is 2.16. The molecule has 1 aromatic rings. The van der Waals surface area contributed by atoms with Gasteiger partial charge in [-0.2, -0.15) is 0 Å². The van der Waals surface area contributed by atoms with E-state index in [-0.39, 0.29) is 0 Å². The molecule has 0 saturated carbocycles. The number of hydrogen-bond donors (Lipinski definition) is 1. The summed E-state index contributed by atoms with van der Waals surface area (Å²) >= 11 is 0. The van der Waals surface area contributed by atoms with Crippen molar-refractivity contribution >= 4 is 13.3 Å². The van der Waals surface area contributed by atoms with Gasteiger partial charge in [0.1, 0.15) is 0 Å². The molecular weight excluding hydrogens is 238 g/mol. The van der Waals surface area contributed by atoms with Crippen molar-refractivity contribution in [3.05, 3.63) is 29.8 Å². The third-order valence-corrected chi connectivity index (χ3v) is 5.64. The molecule has 100 valence electrons. The molecule has 1 unspecified atom stereocenters. The van der Waals surface area contributed by atoms with E-state index in [1.165, 1.54) is 23.6 Å². The molecule has 1 saturated heterocycles. The molecule has 1 aliphatic rings. The van der Waals surface area contributed by atoms with Gasteiger partial charge in [-0.15, -0.1) is 0 Å². The summed E-state index contributed by atoms with van der Waals surface area (Å²) in [4.78, 5) is 0. The number of hydrogen-bond acceptors (Lipinski definition) is 2. The lowest BCUT2D eigenvalue weighted by molar-refractivity contribution is 0.0699. The summed E-state index contributed by atoms with van der Waals surface area (Å²) in [5.41, 5.74) is 1.38. The van der Waals surface area contributed by atoms with Gasteiger partial charge in [0.25, 0.3) is 0 Å². The van der Waals surface area contributed by atoms with Crippen LogP contribution in [0.15, 0.2) is 24.3 Å². The largest absolute Gasteiger partial charge is 0.380 e. The van der Waals surface area contributed by atoms with Gasteiger partial charge in [0.2, 0.25) is 0 Å². The zero-order valence-electron chi connectivity index (χ0n) is 11.8. The molecule has 1 fully saturated rings. The Hall–Kier alpha value is -0.643. The lowest BCUT2D eigenvalue weighted by Crippen LogP contribution is -2.38. The molecule has 18 heavy (non-hydrogen) atoms. The van der Waals surface area contributed by atoms with Crippen molar-refractivity contribution in [2.24, 2.45) is 0 Å². The normalized spacial score (nSPS) is 20.9. The maximum absolute atomic E-state index is 5.48. The summed E-state index contributed by atoms with van der Waals surface area (Å²) in [5.74, 6) is 0. The minimum Gasteiger partial charge on any atom is -0.380 e. The highest BCUT2D eigenvalue weighted by atomic mass is 28.3. The van der Waals surface area contributed by atoms with Crippen molar-refractivity contribution in [1.29, 1.82) is 0 Å². The van der Waals surface area contributed by atoms with Crippen LogP contribution in [-0.2, 0) is 11.3 Å². The Labute approximate surface area is 112 Å². The average molecular weight is 263 g/mol. The molecule has 2 nitrogen and oxygen atoms in total. The Balaban J connectivity index is 1.86. The third-order valence-electron chi connectivity index (χ3n) is 3.58. The second kappa shape index (κ2) is 6.00. The van der Waals surface area contributed by atoms with Crippen molar-refractivity contribution in [2.75, 3.05) is 13.2 Å². The van der Waals surface area contributed by atoms with Gasteiger partial charge in [-0.05, 0) is 18.4 Å². The van der Waals surface area contributed by atoms with Crippen molar-refractivity contribution in [2.45, 2.75) is 45.1 Å². The summed E-state index contributed by atoms with van der Waals surface area (Å²) < 4.78 is 5.48.